The number of hydrogen-bond donors (Lipinski definition) is 0. The first-order chi connectivity index (χ1) is 31.0. The molecular weight excluding hydrogens is 761 g/mol. The van der Waals surface area contributed by atoms with E-state index in [1.165, 1.54) is 127 Å². The van der Waals surface area contributed by atoms with Crippen LogP contribution in [-0.4, -0.2) is 0 Å². The van der Waals surface area contributed by atoms with Crippen LogP contribution in [0.25, 0.3) is 22.3 Å². The Balaban J connectivity index is 1.06. The number of benzene rings is 8. The van der Waals surface area contributed by atoms with Gasteiger partial charge in [-0.2, -0.15) is 0 Å². The van der Waals surface area contributed by atoms with Crippen molar-refractivity contribution < 1.29 is 0 Å². The number of para-hydroxylation sites is 2. The van der Waals surface area contributed by atoms with Gasteiger partial charge >= 0.3 is 0 Å². The van der Waals surface area contributed by atoms with Crippen molar-refractivity contribution in [2.24, 2.45) is 0 Å². The molecule has 0 amide bonds. The lowest BCUT2D eigenvalue weighted by Crippen LogP contribution is -2.18. The monoisotopic (exact) mass is 816 g/mol. The molecule has 6 aliphatic rings. The fourth-order valence-electron chi connectivity index (χ4n) is 11.0. The van der Waals surface area contributed by atoms with Gasteiger partial charge < -0.3 is 9.80 Å². The molecule has 6 aliphatic carbocycles. The Kier molecular flexibility index (Phi) is 10.3. The summed E-state index contributed by atoms with van der Waals surface area (Å²) in [7, 11) is 0. The predicted molar refractivity (Wildman–Crippen MR) is 266 cm³/mol. The molecule has 0 aromatic heterocycles. The van der Waals surface area contributed by atoms with E-state index < -0.39 is 0 Å². The van der Waals surface area contributed by atoms with Gasteiger partial charge in [0.1, 0.15) is 0 Å². The minimum atomic E-state index is -0.152. The highest BCUT2D eigenvalue weighted by Gasteiger charge is 2.38. The first-order valence-corrected chi connectivity index (χ1v) is 23.4. The van der Waals surface area contributed by atoms with E-state index in [1.54, 1.807) is 0 Å². The second-order valence-electron chi connectivity index (χ2n) is 18.6. The third-order valence-electron chi connectivity index (χ3n) is 14.4. The molecule has 8 aromatic rings. The lowest BCUT2D eigenvalue weighted by atomic mass is 9.81. The molecule has 0 spiro atoms. The third kappa shape index (κ3) is 7.36. The molecule has 0 atom stereocenters. The summed E-state index contributed by atoms with van der Waals surface area (Å²) >= 11 is 0. The molecular formula is C61H56N2. The highest BCUT2D eigenvalue weighted by molar-refractivity contribution is 5.96. The minimum Gasteiger partial charge on any atom is -0.310 e. The van der Waals surface area contributed by atoms with Crippen LogP contribution >= 0.6 is 0 Å². The van der Waals surface area contributed by atoms with Crippen LogP contribution in [0.2, 0.25) is 0 Å². The Bertz CT molecular complexity index is 2850. The Morgan fingerprint density at radius 2 is 0.937 bits per heavy atom. The highest BCUT2D eigenvalue weighted by Crippen LogP contribution is 2.55. The van der Waals surface area contributed by atoms with Gasteiger partial charge in [-0.05, 0) is 166 Å². The van der Waals surface area contributed by atoms with Gasteiger partial charge in [-0.15, -0.1) is 0 Å². The van der Waals surface area contributed by atoms with Crippen LogP contribution in [0.15, 0.2) is 188 Å². The number of hydrogen-bond acceptors (Lipinski definition) is 2. The van der Waals surface area contributed by atoms with Crippen molar-refractivity contribution >= 4 is 34.1 Å². The standard InChI is InChI=1S/C61H56N2/c1-61(2)56-26-16-15-25-54(56)60-55(47-19-9-4-10-20-47)41-53(42-57(60)61)63(52-37-35-46(36-38-52)45-17-7-3-8-18-45)59-40-44-28-32-48-31-27-43(29-33-49(59)34-30-44)39-58(48)62(50-21-11-5-12-22-50)51-23-13-6-14-24-51/h4-6,9-16,19-27,30-31,34-42,45H,3,7-8,17-18,28-29,32-33H2,1-2H3. The van der Waals surface area contributed by atoms with Gasteiger partial charge in [0.25, 0.3) is 0 Å². The van der Waals surface area contributed by atoms with Crippen molar-refractivity contribution in [3.05, 3.63) is 227 Å². The maximum Gasteiger partial charge on any atom is 0.0496 e. The summed E-state index contributed by atoms with van der Waals surface area (Å²) < 4.78 is 0. The van der Waals surface area contributed by atoms with E-state index in [4.69, 9.17) is 0 Å². The zero-order valence-electron chi connectivity index (χ0n) is 36.7. The van der Waals surface area contributed by atoms with Crippen LogP contribution in [0.1, 0.15) is 90.8 Å². The number of rotatable bonds is 8. The lowest BCUT2D eigenvalue weighted by molar-refractivity contribution is 0.443. The van der Waals surface area contributed by atoms with Gasteiger partial charge in [0.2, 0.25) is 0 Å². The largest absolute Gasteiger partial charge is 0.310 e. The Hall–Kier alpha value is -6.64. The maximum absolute atomic E-state index is 2.61. The number of anilines is 6. The molecule has 0 radical (unpaired) electrons. The summed E-state index contributed by atoms with van der Waals surface area (Å²) in [5.74, 6) is 0.658. The summed E-state index contributed by atoms with van der Waals surface area (Å²) in [6.45, 7) is 4.83. The fourth-order valence-corrected chi connectivity index (χ4v) is 11.0. The third-order valence-corrected chi connectivity index (χ3v) is 14.4. The molecule has 310 valence electrons. The van der Waals surface area contributed by atoms with Crippen molar-refractivity contribution in [3.8, 4) is 22.3 Å². The molecule has 1 saturated carbocycles. The predicted octanol–water partition coefficient (Wildman–Crippen LogP) is 16.5. The van der Waals surface area contributed by atoms with Crippen LogP contribution in [0.4, 0.5) is 34.1 Å². The highest BCUT2D eigenvalue weighted by atomic mass is 15.2. The van der Waals surface area contributed by atoms with Gasteiger partial charge in [0.05, 0.1) is 0 Å². The average Bonchev–Trinajstić information content (AvgIpc) is 3.57. The Labute approximate surface area is 374 Å². The van der Waals surface area contributed by atoms with Crippen LogP contribution in [0.5, 0.6) is 0 Å². The summed E-state index contributed by atoms with van der Waals surface area (Å²) in [6, 6.07) is 71.3. The second-order valence-corrected chi connectivity index (χ2v) is 18.6. The quantitative estimate of drug-likeness (QED) is 0.151. The number of aryl methyl sites for hydroxylation is 4. The van der Waals surface area contributed by atoms with Crippen LogP contribution in [0, 0.1) is 0 Å². The average molecular weight is 817 g/mol. The number of nitrogens with zero attached hydrogens (tertiary/aromatic N) is 2. The molecule has 14 rings (SSSR count). The van der Waals surface area contributed by atoms with Crippen molar-refractivity contribution in [1.82, 2.24) is 0 Å². The van der Waals surface area contributed by atoms with E-state index in [9.17, 15) is 0 Å². The Morgan fingerprint density at radius 1 is 0.413 bits per heavy atom. The van der Waals surface area contributed by atoms with Gasteiger partial charge in [0.15, 0.2) is 0 Å². The number of fused-ring (bicyclic) bond motifs is 3. The van der Waals surface area contributed by atoms with Crippen LogP contribution in [0.3, 0.4) is 0 Å². The van der Waals surface area contributed by atoms with Gasteiger partial charge in [-0.3, -0.25) is 0 Å². The molecule has 2 heteroatoms. The summed E-state index contributed by atoms with van der Waals surface area (Å²) in [4.78, 5) is 5.06. The zero-order valence-corrected chi connectivity index (χ0v) is 36.7. The van der Waals surface area contributed by atoms with Crippen molar-refractivity contribution in [3.63, 3.8) is 0 Å². The van der Waals surface area contributed by atoms with Crippen LogP contribution in [-0.2, 0) is 31.1 Å². The normalized spacial score (nSPS) is 15.3. The Morgan fingerprint density at radius 3 is 1.54 bits per heavy atom. The molecule has 0 N–H and O–H groups in total. The summed E-state index contributed by atoms with van der Waals surface area (Å²) in [5, 5.41) is 0. The fraction of sp³-hybridized carbons (Fsp3) is 0.213. The molecule has 63 heavy (non-hydrogen) atoms. The van der Waals surface area contributed by atoms with Gasteiger partial charge in [-0.1, -0.05) is 161 Å². The molecule has 0 aliphatic heterocycles. The molecule has 2 nitrogen and oxygen atoms in total. The van der Waals surface area contributed by atoms with E-state index in [2.05, 4.69) is 212 Å². The minimum absolute atomic E-state index is 0.152. The van der Waals surface area contributed by atoms with E-state index in [0.29, 0.717) is 5.92 Å². The van der Waals surface area contributed by atoms with Crippen molar-refractivity contribution in [1.29, 1.82) is 0 Å². The van der Waals surface area contributed by atoms with Crippen LogP contribution < -0.4 is 9.80 Å². The van der Waals surface area contributed by atoms with Crippen molar-refractivity contribution in [2.45, 2.75) is 83.0 Å². The first-order valence-electron chi connectivity index (χ1n) is 23.4. The van der Waals surface area contributed by atoms with Crippen molar-refractivity contribution in [2.75, 3.05) is 9.80 Å². The van der Waals surface area contributed by atoms with Gasteiger partial charge in [-0.25, -0.2) is 0 Å². The maximum atomic E-state index is 2.61. The zero-order chi connectivity index (χ0) is 42.3. The SMILES string of the molecule is CC1(C)c2ccccc2-c2c(-c3ccccc3)cc(N(c3ccc(C4CCCCC4)cc3)c3cc4ccc3CCc3ccc(c(N(c5ccccc5)c5ccccc5)c3)CC4)cc21. The lowest BCUT2D eigenvalue weighted by Gasteiger charge is -2.32. The molecule has 0 heterocycles. The topological polar surface area (TPSA) is 6.48 Å². The van der Waals surface area contributed by atoms with E-state index in [1.807, 2.05) is 0 Å². The van der Waals surface area contributed by atoms with E-state index in [-0.39, 0.29) is 5.41 Å². The molecule has 8 aromatic carbocycles. The second kappa shape index (κ2) is 16.6. The molecule has 0 unspecified atom stereocenters. The first kappa shape index (κ1) is 39.2. The molecule has 1 fully saturated rings. The summed E-state index contributed by atoms with van der Waals surface area (Å²) in [6.07, 6.45) is 10.4. The van der Waals surface area contributed by atoms with E-state index in [0.717, 1.165) is 25.7 Å². The molecule has 0 saturated heterocycles. The molecule has 4 bridgehead atoms. The summed E-state index contributed by atoms with van der Waals surface area (Å²) in [5.41, 5.74) is 22.2. The van der Waals surface area contributed by atoms with Gasteiger partial charge in [0, 0.05) is 39.5 Å². The smallest absolute Gasteiger partial charge is 0.0496 e. The van der Waals surface area contributed by atoms with E-state index >= 15 is 0 Å².